The molecule has 1 heterocycles. The normalized spacial score (nSPS) is 12.6. The van der Waals surface area contributed by atoms with Crippen LogP contribution in [0.4, 0.5) is 0 Å². The van der Waals surface area contributed by atoms with Crippen molar-refractivity contribution in [2.24, 2.45) is 4.99 Å². The zero-order valence-corrected chi connectivity index (χ0v) is 18.5. The van der Waals surface area contributed by atoms with E-state index >= 15 is 0 Å². The topological polar surface area (TPSA) is 46.4 Å². The Morgan fingerprint density at radius 1 is 1.14 bits per heavy atom. The lowest BCUT2D eigenvalue weighted by molar-refractivity contribution is 0.662. The molecule has 0 amide bonds. The standard InChI is InChI=1S/C24H24BrN3O/c1-15-10-9-11-19-14-21(18(4)27-23(26-5)16(2)17(3)25)28(24(29)22(15)19)20-12-7-6-8-13-20/h6-14,18H,2-3H2,1,4-5H3,(H,26,27)/t18-/m0/s1. The smallest absolute Gasteiger partial charge is 0.263 e. The fourth-order valence-corrected chi connectivity index (χ4v) is 3.60. The van der Waals surface area contributed by atoms with Gasteiger partial charge in [-0.25, -0.2) is 0 Å². The minimum Gasteiger partial charge on any atom is -0.362 e. The summed E-state index contributed by atoms with van der Waals surface area (Å²) < 4.78 is 2.43. The largest absolute Gasteiger partial charge is 0.362 e. The summed E-state index contributed by atoms with van der Waals surface area (Å²) in [5, 5.41) is 5.03. The molecule has 0 aliphatic heterocycles. The van der Waals surface area contributed by atoms with Crippen LogP contribution in [-0.4, -0.2) is 17.5 Å². The van der Waals surface area contributed by atoms with Gasteiger partial charge in [0, 0.05) is 28.5 Å². The SMILES string of the molecule is C=C(Br)C(=C)C(=NC)N[C@@H](C)c1cc2cccc(C)c2c(=O)n1-c1ccccc1. The molecule has 1 N–H and O–H groups in total. The fourth-order valence-electron chi connectivity index (χ4n) is 3.41. The van der Waals surface area contributed by atoms with E-state index in [1.807, 2.05) is 62.4 Å². The van der Waals surface area contributed by atoms with Crippen molar-refractivity contribution in [2.45, 2.75) is 19.9 Å². The molecule has 29 heavy (non-hydrogen) atoms. The second kappa shape index (κ2) is 8.62. The second-order valence-electron chi connectivity index (χ2n) is 6.91. The number of hydrogen-bond donors (Lipinski definition) is 1. The maximum absolute atomic E-state index is 13.5. The van der Waals surface area contributed by atoms with E-state index in [9.17, 15) is 4.79 Å². The summed E-state index contributed by atoms with van der Waals surface area (Å²) >= 11 is 3.36. The Labute approximate surface area is 179 Å². The minimum absolute atomic E-state index is 0.0332. The van der Waals surface area contributed by atoms with Crippen LogP contribution in [0.5, 0.6) is 0 Å². The zero-order chi connectivity index (χ0) is 21.1. The number of nitrogens with zero attached hydrogens (tertiary/aromatic N) is 2. The molecule has 3 rings (SSSR count). The Kier molecular flexibility index (Phi) is 6.18. The quantitative estimate of drug-likeness (QED) is 0.320. The second-order valence-corrected chi connectivity index (χ2v) is 7.86. The van der Waals surface area contributed by atoms with Crippen LogP contribution in [0.25, 0.3) is 16.5 Å². The summed E-state index contributed by atoms with van der Waals surface area (Å²) in [6.45, 7) is 11.9. The van der Waals surface area contributed by atoms with Gasteiger partial charge in [-0.3, -0.25) is 14.4 Å². The van der Waals surface area contributed by atoms with Crippen LogP contribution in [-0.2, 0) is 0 Å². The van der Waals surface area contributed by atoms with E-state index in [2.05, 4.69) is 45.5 Å². The number of aromatic nitrogens is 1. The number of amidine groups is 1. The molecule has 2 aromatic carbocycles. The number of aliphatic imine (C=N–C) groups is 1. The van der Waals surface area contributed by atoms with Gasteiger partial charge in [0.25, 0.3) is 5.56 Å². The Morgan fingerprint density at radius 2 is 1.83 bits per heavy atom. The average Bonchev–Trinajstić information content (AvgIpc) is 2.71. The first kappa shape index (κ1) is 20.8. The third-order valence-electron chi connectivity index (χ3n) is 4.93. The van der Waals surface area contributed by atoms with Gasteiger partial charge in [-0.15, -0.1) is 0 Å². The Bertz CT molecular complexity index is 1180. The van der Waals surface area contributed by atoms with E-state index < -0.39 is 0 Å². The van der Waals surface area contributed by atoms with Gasteiger partial charge < -0.3 is 5.32 Å². The molecule has 0 bridgehead atoms. The molecule has 0 unspecified atom stereocenters. The number of rotatable bonds is 5. The fraction of sp³-hybridized carbons (Fsp3) is 0.167. The third kappa shape index (κ3) is 4.10. The van der Waals surface area contributed by atoms with Crippen molar-refractivity contribution in [1.29, 1.82) is 0 Å². The van der Waals surface area contributed by atoms with Gasteiger partial charge >= 0.3 is 0 Å². The molecule has 0 aliphatic carbocycles. The van der Waals surface area contributed by atoms with Crippen molar-refractivity contribution in [2.75, 3.05) is 7.05 Å². The predicted molar refractivity (Wildman–Crippen MR) is 126 cm³/mol. The number of para-hydroxylation sites is 1. The lowest BCUT2D eigenvalue weighted by Gasteiger charge is -2.23. The van der Waals surface area contributed by atoms with Gasteiger partial charge in [0.2, 0.25) is 0 Å². The summed E-state index contributed by atoms with van der Waals surface area (Å²) in [7, 11) is 1.70. The van der Waals surface area contributed by atoms with Crippen LogP contribution in [0.2, 0.25) is 0 Å². The van der Waals surface area contributed by atoms with E-state index in [-0.39, 0.29) is 11.6 Å². The van der Waals surface area contributed by atoms with E-state index in [1.165, 1.54) is 0 Å². The molecule has 3 aromatic rings. The molecule has 1 atom stereocenters. The number of halogens is 1. The van der Waals surface area contributed by atoms with Crippen molar-refractivity contribution in [1.82, 2.24) is 9.88 Å². The Balaban J connectivity index is 2.22. The summed E-state index contributed by atoms with van der Waals surface area (Å²) in [5.74, 6) is 0.621. The first-order chi connectivity index (χ1) is 13.8. The molecule has 0 saturated carbocycles. The molecule has 0 aliphatic rings. The summed E-state index contributed by atoms with van der Waals surface area (Å²) in [6, 6.07) is 17.5. The van der Waals surface area contributed by atoms with Crippen molar-refractivity contribution in [3.8, 4) is 5.69 Å². The first-order valence-electron chi connectivity index (χ1n) is 9.33. The van der Waals surface area contributed by atoms with Gasteiger partial charge in [0.1, 0.15) is 5.84 Å². The molecular weight excluding hydrogens is 426 g/mol. The first-order valence-corrected chi connectivity index (χ1v) is 10.1. The van der Waals surface area contributed by atoms with Gasteiger partial charge in [-0.1, -0.05) is 65.5 Å². The highest BCUT2D eigenvalue weighted by Gasteiger charge is 2.19. The summed E-state index contributed by atoms with van der Waals surface area (Å²) in [4.78, 5) is 17.8. The van der Waals surface area contributed by atoms with Crippen LogP contribution in [0.3, 0.4) is 0 Å². The Hall–Kier alpha value is -2.92. The van der Waals surface area contributed by atoms with E-state index in [0.717, 1.165) is 27.7 Å². The zero-order valence-electron chi connectivity index (χ0n) is 16.9. The lowest BCUT2D eigenvalue weighted by atomic mass is 10.0. The minimum atomic E-state index is -0.199. The molecule has 0 spiro atoms. The number of fused-ring (bicyclic) bond motifs is 1. The van der Waals surface area contributed by atoms with Crippen LogP contribution < -0.4 is 10.9 Å². The number of pyridine rings is 1. The average molecular weight is 450 g/mol. The molecule has 4 nitrogen and oxygen atoms in total. The van der Waals surface area contributed by atoms with Crippen LogP contribution >= 0.6 is 15.9 Å². The van der Waals surface area contributed by atoms with Crippen molar-refractivity contribution in [3.05, 3.63) is 99.4 Å². The highest BCUT2D eigenvalue weighted by atomic mass is 79.9. The van der Waals surface area contributed by atoms with Crippen LogP contribution in [0.15, 0.2) is 87.6 Å². The molecule has 0 fully saturated rings. The molecular formula is C24H24BrN3O. The number of aryl methyl sites for hydroxylation is 1. The lowest BCUT2D eigenvalue weighted by Crippen LogP contribution is -2.33. The molecule has 148 valence electrons. The molecule has 0 saturated heterocycles. The van der Waals surface area contributed by atoms with Crippen LogP contribution in [0.1, 0.15) is 24.2 Å². The predicted octanol–water partition coefficient (Wildman–Crippen LogP) is 5.44. The third-order valence-corrected chi connectivity index (χ3v) is 5.41. The molecule has 5 heteroatoms. The molecule has 0 radical (unpaired) electrons. The maximum atomic E-state index is 13.5. The number of benzene rings is 2. The maximum Gasteiger partial charge on any atom is 0.263 e. The van der Waals surface area contributed by atoms with Gasteiger partial charge in [-0.05, 0) is 43.0 Å². The van der Waals surface area contributed by atoms with E-state index in [4.69, 9.17) is 0 Å². The summed E-state index contributed by atoms with van der Waals surface area (Å²) in [5.41, 5.74) is 3.27. The van der Waals surface area contributed by atoms with Crippen molar-refractivity contribution >= 4 is 32.5 Å². The van der Waals surface area contributed by atoms with E-state index in [1.54, 1.807) is 11.6 Å². The summed E-state index contributed by atoms with van der Waals surface area (Å²) in [6.07, 6.45) is 0. The Morgan fingerprint density at radius 3 is 2.45 bits per heavy atom. The van der Waals surface area contributed by atoms with Gasteiger partial charge in [-0.2, -0.15) is 0 Å². The number of nitrogens with one attached hydrogen (secondary N) is 1. The van der Waals surface area contributed by atoms with Crippen LogP contribution in [0, 0.1) is 6.92 Å². The monoisotopic (exact) mass is 449 g/mol. The highest BCUT2D eigenvalue weighted by molar-refractivity contribution is 9.12. The van der Waals surface area contributed by atoms with E-state index in [0.29, 0.717) is 15.9 Å². The van der Waals surface area contributed by atoms with Gasteiger partial charge in [0.05, 0.1) is 11.4 Å². The van der Waals surface area contributed by atoms with Gasteiger partial charge in [0.15, 0.2) is 0 Å². The highest BCUT2D eigenvalue weighted by Crippen LogP contribution is 2.24. The van der Waals surface area contributed by atoms with Crippen molar-refractivity contribution < 1.29 is 0 Å². The van der Waals surface area contributed by atoms with Crippen molar-refractivity contribution in [3.63, 3.8) is 0 Å². The molecule has 1 aromatic heterocycles. The number of hydrogen-bond acceptors (Lipinski definition) is 2.